The first kappa shape index (κ1) is 19.3. The van der Waals surface area contributed by atoms with Crippen molar-refractivity contribution in [2.24, 2.45) is 5.41 Å². The zero-order valence-corrected chi connectivity index (χ0v) is 15.1. The van der Waals surface area contributed by atoms with Gasteiger partial charge in [0.15, 0.2) is 0 Å². The van der Waals surface area contributed by atoms with Gasteiger partial charge in [-0.05, 0) is 24.6 Å². The lowest BCUT2D eigenvalue weighted by atomic mass is 9.94. The van der Waals surface area contributed by atoms with Gasteiger partial charge < -0.3 is 15.5 Å². The number of rotatable bonds is 1. The zero-order valence-electron chi connectivity index (χ0n) is 14.3. The first-order valence-corrected chi connectivity index (χ1v) is 7.65. The Balaban J connectivity index is 0.00000264. The topological polar surface area (TPSA) is 66.6 Å². The number of piperazine rings is 1. The van der Waals surface area contributed by atoms with Gasteiger partial charge in [-0.1, -0.05) is 26.8 Å². The standard InChI is InChI=1S/C17H25N3O2.ClH/c1-12-5-6-13(18)11-14(12)15(21)19-7-9-20(10-8-19)16(22)17(2,3)4;/h5-6,11H,7-10,18H2,1-4H3;1H. The maximum atomic E-state index is 12.6. The van der Waals surface area contributed by atoms with Crippen LogP contribution in [0.3, 0.4) is 0 Å². The van der Waals surface area contributed by atoms with E-state index < -0.39 is 0 Å². The van der Waals surface area contributed by atoms with Crippen LogP contribution in [0.15, 0.2) is 18.2 Å². The third kappa shape index (κ3) is 4.38. The molecule has 0 aromatic heterocycles. The van der Waals surface area contributed by atoms with Crippen molar-refractivity contribution in [2.45, 2.75) is 27.7 Å². The van der Waals surface area contributed by atoms with Crippen molar-refractivity contribution >= 4 is 29.9 Å². The van der Waals surface area contributed by atoms with Gasteiger partial charge in [-0.15, -0.1) is 12.4 Å². The van der Waals surface area contributed by atoms with E-state index in [1.807, 2.05) is 38.7 Å². The molecule has 6 heteroatoms. The number of anilines is 1. The zero-order chi connectivity index (χ0) is 16.5. The fourth-order valence-electron chi connectivity index (χ4n) is 2.63. The van der Waals surface area contributed by atoms with Gasteiger partial charge in [0.25, 0.3) is 5.91 Å². The monoisotopic (exact) mass is 339 g/mol. The van der Waals surface area contributed by atoms with Gasteiger partial charge >= 0.3 is 0 Å². The van der Waals surface area contributed by atoms with E-state index in [1.54, 1.807) is 17.0 Å². The van der Waals surface area contributed by atoms with Crippen LogP contribution in [-0.2, 0) is 4.79 Å². The summed E-state index contributed by atoms with van der Waals surface area (Å²) >= 11 is 0. The Bertz CT molecular complexity index is 588. The predicted molar refractivity (Wildman–Crippen MR) is 94.8 cm³/mol. The Morgan fingerprint density at radius 3 is 2.09 bits per heavy atom. The molecule has 2 rings (SSSR count). The number of carbonyl (C=O) groups excluding carboxylic acids is 2. The number of aryl methyl sites for hydroxylation is 1. The highest BCUT2D eigenvalue weighted by molar-refractivity contribution is 5.96. The summed E-state index contributed by atoms with van der Waals surface area (Å²) in [7, 11) is 0. The van der Waals surface area contributed by atoms with Gasteiger partial charge in [0.05, 0.1) is 0 Å². The number of hydrogen-bond acceptors (Lipinski definition) is 3. The van der Waals surface area contributed by atoms with Crippen LogP contribution in [0.1, 0.15) is 36.7 Å². The van der Waals surface area contributed by atoms with E-state index in [0.717, 1.165) is 5.56 Å². The maximum absolute atomic E-state index is 12.6. The molecule has 1 aromatic rings. The molecule has 1 aliphatic rings. The van der Waals surface area contributed by atoms with E-state index >= 15 is 0 Å². The molecule has 1 heterocycles. The van der Waals surface area contributed by atoms with Crippen molar-refractivity contribution < 1.29 is 9.59 Å². The molecule has 0 saturated carbocycles. The lowest BCUT2D eigenvalue weighted by Gasteiger charge is -2.37. The molecule has 1 fully saturated rings. The van der Waals surface area contributed by atoms with E-state index in [1.165, 1.54) is 0 Å². The van der Waals surface area contributed by atoms with Crippen molar-refractivity contribution in [3.8, 4) is 0 Å². The summed E-state index contributed by atoms with van der Waals surface area (Å²) in [6.07, 6.45) is 0. The van der Waals surface area contributed by atoms with E-state index in [-0.39, 0.29) is 29.6 Å². The van der Waals surface area contributed by atoms with E-state index in [0.29, 0.717) is 37.4 Å². The largest absolute Gasteiger partial charge is 0.399 e. The highest BCUT2D eigenvalue weighted by atomic mass is 35.5. The predicted octanol–water partition coefficient (Wildman–Crippen LogP) is 2.33. The lowest BCUT2D eigenvalue weighted by Crippen LogP contribution is -2.53. The summed E-state index contributed by atoms with van der Waals surface area (Å²) < 4.78 is 0. The second kappa shape index (κ2) is 7.21. The number of nitrogen functional groups attached to an aromatic ring is 1. The van der Waals surface area contributed by atoms with Gasteiger partial charge in [0.1, 0.15) is 0 Å². The quantitative estimate of drug-likeness (QED) is 0.798. The van der Waals surface area contributed by atoms with E-state index in [2.05, 4.69) is 0 Å². The van der Waals surface area contributed by atoms with Crippen LogP contribution in [0.5, 0.6) is 0 Å². The smallest absolute Gasteiger partial charge is 0.254 e. The average molecular weight is 340 g/mol. The average Bonchev–Trinajstić information content (AvgIpc) is 2.47. The van der Waals surface area contributed by atoms with Crippen LogP contribution in [0.4, 0.5) is 5.69 Å². The van der Waals surface area contributed by atoms with E-state index in [9.17, 15) is 9.59 Å². The van der Waals surface area contributed by atoms with Crippen molar-refractivity contribution in [3.05, 3.63) is 29.3 Å². The van der Waals surface area contributed by atoms with Gasteiger partial charge in [0, 0.05) is 42.8 Å². The van der Waals surface area contributed by atoms with E-state index in [4.69, 9.17) is 5.73 Å². The Morgan fingerprint density at radius 1 is 1.04 bits per heavy atom. The number of halogens is 1. The SMILES string of the molecule is Cc1ccc(N)cc1C(=O)N1CCN(C(=O)C(C)(C)C)CC1.Cl. The van der Waals surface area contributed by atoms with Crippen LogP contribution >= 0.6 is 12.4 Å². The molecule has 1 saturated heterocycles. The summed E-state index contributed by atoms with van der Waals surface area (Å²) in [5.41, 5.74) is 7.57. The lowest BCUT2D eigenvalue weighted by molar-refractivity contribution is -0.140. The van der Waals surface area contributed by atoms with Crippen molar-refractivity contribution in [3.63, 3.8) is 0 Å². The Hall–Kier alpha value is -1.75. The molecule has 23 heavy (non-hydrogen) atoms. The third-order valence-corrected chi connectivity index (χ3v) is 3.99. The van der Waals surface area contributed by atoms with Gasteiger partial charge in [-0.2, -0.15) is 0 Å². The normalized spacial score (nSPS) is 15.1. The summed E-state index contributed by atoms with van der Waals surface area (Å²) in [4.78, 5) is 28.5. The highest BCUT2D eigenvalue weighted by Crippen LogP contribution is 2.20. The molecule has 1 aliphatic heterocycles. The molecule has 0 aliphatic carbocycles. The fraction of sp³-hybridized carbons (Fsp3) is 0.529. The molecule has 128 valence electrons. The Morgan fingerprint density at radius 2 is 1.57 bits per heavy atom. The van der Waals surface area contributed by atoms with Crippen LogP contribution in [-0.4, -0.2) is 47.8 Å². The first-order chi connectivity index (χ1) is 10.2. The Labute approximate surface area is 144 Å². The van der Waals surface area contributed by atoms with Crippen molar-refractivity contribution in [2.75, 3.05) is 31.9 Å². The highest BCUT2D eigenvalue weighted by Gasteiger charge is 2.31. The molecular weight excluding hydrogens is 314 g/mol. The van der Waals surface area contributed by atoms with Crippen molar-refractivity contribution in [1.29, 1.82) is 0 Å². The molecule has 1 aromatic carbocycles. The van der Waals surface area contributed by atoms with Gasteiger partial charge in [-0.25, -0.2) is 0 Å². The molecule has 2 amide bonds. The first-order valence-electron chi connectivity index (χ1n) is 7.65. The number of hydrogen-bond donors (Lipinski definition) is 1. The molecule has 0 bridgehead atoms. The number of nitrogens with two attached hydrogens (primary N) is 1. The maximum Gasteiger partial charge on any atom is 0.254 e. The van der Waals surface area contributed by atoms with Crippen LogP contribution in [0, 0.1) is 12.3 Å². The minimum atomic E-state index is -0.378. The van der Waals surface area contributed by atoms with Gasteiger partial charge in [-0.3, -0.25) is 9.59 Å². The fourth-order valence-corrected chi connectivity index (χ4v) is 2.63. The second-order valence-electron chi connectivity index (χ2n) is 6.91. The van der Waals surface area contributed by atoms with Gasteiger partial charge in [0.2, 0.25) is 5.91 Å². The third-order valence-electron chi connectivity index (χ3n) is 3.99. The Kier molecular flexibility index (Phi) is 6.05. The summed E-state index contributed by atoms with van der Waals surface area (Å²) in [6, 6.07) is 5.39. The molecule has 0 atom stereocenters. The minimum absolute atomic E-state index is 0. The molecule has 2 N–H and O–H groups in total. The van der Waals surface area contributed by atoms with Crippen LogP contribution < -0.4 is 5.73 Å². The number of benzene rings is 1. The minimum Gasteiger partial charge on any atom is -0.399 e. The number of carbonyl (C=O) groups is 2. The molecular formula is C17H26ClN3O2. The summed E-state index contributed by atoms with van der Waals surface area (Å²) in [6.45, 7) is 9.97. The molecule has 0 spiro atoms. The second-order valence-corrected chi connectivity index (χ2v) is 6.91. The summed E-state index contributed by atoms with van der Waals surface area (Å²) in [5, 5.41) is 0. The van der Waals surface area contributed by atoms with Crippen LogP contribution in [0.2, 0.25) is 0 Å². The number of amides is 2. The molecule has 0 unspecified atom stereocenters. The molecule has 5 nitrogen and oxygen atoms in total. The van der Waals surface area contributed by atoms with Crippen LogP contribution in [0.25, 0.3) is 0 Å². The van der Waals surface area contributed by atoms with Crippen molar-refractivity contribution in [1.82, 2.24) is 9.80 Å². The summed E-state index contributed by atoms with van der Waals surface area (Å²) in [5.74, 6) is 0.132. The number of nitrogens with zero attached hydrogens (tertiary/aromatic N) is 2. The molecule has 0 radical (unpaired) electrons.